The summed E-state index contributed by atoms with van der Waals surface area (Å²) in [5, 5.41) is 3.89. The van der Waals surface area contributed by atoms with Crippen molar-refractivity contribution in [3.05, 3.63) is 41.3 Å². The molecular formula is C17H26N3O4S+. The molecule has 2 rings (SSSR count). The molecule has 1 fully saturated rings. The Morgan fingerprint density at radius 1 is 1.28 bits per heavy atom. The average molecular weight is 368 g/mol. The van der Waals surface area contributed by atoms with E-state index >= 15 is 0 Å². The number of carbonyl (C=O) groups is 1. The molecule has 138 valence electrons. The summed E-state index contributed by atoms with van der Waals surface area (Å²) in [7, 11) is -2.23. The number of benzene rings is 1. The summed E-state index contributed by atoms with van der Waals surface area (Å²) in [6.07, 6.45) is 1.52. The Labute approximate surface area is 149 Å². The van der Waals surface area contributed by atoms with E-state index in [1.165, 1.54) is 18.0 Å². The number of ether oxygens (including phenoxy) is 1. The van der Waals surface area contributed by atoms with Gasteiger partial charge in [-0.05, 0) is 11.6 Å². The number of sulfonamides is 1. The number of nitrogens with zero attached hydrogens (tertiary/aromatic N) is 1. The summed E-state index contributed by atoms with van der Waals surface area (Å²) < 4.78 is 30.7. The molecule has 1 amide bonds. The quantitative estimate of drug-likeness (QED) is 0.614. The molecule has 0 spiro atoms. The van der Waals surface area contributed by atoms with Crippen LogP contribution in [0.1, 0.15) is 5.56 Å². The fourth-order valence-electron chi connectivity index (χ4n) is 2.47. The molecule has 0 bridgehead atoms. The monoisotopic (exact) mass is 368 g/mol. The highest BCUT2D eigenvalue weighted by Gasteiger charge is 2.18. The van der Waals surface area contributed by atoms with Crippen molar-refractivity contribution in [2.24, 2.45) is 0 Å². The normalized spacial score (nSPS) is 16.4. The number of quaternary nitrogens is 1. The lowest BCUT2D eigenvalue weighted by molar-refractivity contribution is -0.906. The number of morpholine rings is 1. The first-order valence-electron chi connectivity index (χ1n) is 8.35. The molecule has 2 N–H and O–H groups in total. The Bertz CT molecular complexity index is 670. The van der Waals surface area contributed by atoms with Gasteiger partial charge in [0.05, 0.1) is 32.8 Å². The molecule has 1 aromatic rings. The van der Waals surface area contributed by atoms with E-state index in [0.717, 1.165) is 48.1 Å². The predicted octanol–water partition coefficient (Wildman–Crippen LogP) is -1.05. The third kappa shape index (κ3) is 6.95. The summed E-state index contributed by atoms with van der Waals surface area (Å²) in [6.45, 7) is 4.53. The number of amides is 1. The molecule has 1 aliphatic rings. The topological polar surface area (TPSA) is 80.2 Å². The lowest BCUT2D eigenvalue weighted by atomic mass is 10.2. The van der Waals surface area contributed by atoms with Crippen LogP contribution in [0.4, 0.5) is 0 Å². The van der Waals surface area contributed by atoms with E-state index in [1.807, 2.05) is 30.3 Å². The molecule has 1 aliphatic heterocycles. The van der Waals surface area contributed by atoms with Gasteiger partial charge in [-0.25, -0.2) is 8.42 Å². The van der Waals surface area contributed by atoms with E-state index < -0.39 is 10.0 Å². The molecule has 0 atom stereocenters. The Morgan fingerprint density at radius 2 is 1.96 bits per heavy atom. The van der Waals surface area contributed by atoms with Crippen LogP contribution in [0.15, 0.2) is 35.7 Å². The number of rotatable bonds is 8. The van der Waals surface area contributed by atoms with Crippen LogP contribution in [0, 0.1) is 0 Å². The average Bonchev–Trinajstić information content (AvgIpc) is 2.62. The zero-order valence-electron chi connectivity index (χ0n) is 14.5. The fraction of sp³-hybridized carbons (Fsp3) is 0.471. The van der Waals surface area contributed by atoms with Crippen LogP contribution in [-0.4, -0.2) is 71.6 Å². The van der Waals surface area contributed by atoms with Crippen LogP contribution >= 0.6 is 0 Å². The predicted molar refractivity (Wildman–Crippen MR) is 96.4 cm³/mol. The Morgan fingerprint density at radius 3 is 2.64 bits per heavy atom. The lowest BCUT2D eigenvalue weighted by Crippen LogP contribution is -3.14. The first-order valence-corrected chi connectivity index (χ1v) is 9.85. The highest BCUT2D eigenvalue weighted by atomic mass is 32.2. The third-order valence-corrected chi connectivity index (χ3v) is 5.51. The maximum Gasteiger partial charge on any atom is 0.236 e. The zero-order chi connectivity index (χ0) is 18.1. The van der Waals surface area contributed by atoms with E-state index in [-0.39, 0.29) is 12.5 Å². The molecular weight excluding hydrogens is 342 g/mol. The van der Waals surface area contributed by atoms with Crippen molar-refractivity contribution in [2.75, 3.05) is 53.0 Å². The van der Waals surface area contributed by atoms with Crippen LogP contribution < -0.4 is 10.2 Å². The van der Waals surface area contributed by atoms with E-state index in [0.29, 0.717) is 6.54 Å². The second-order valence-electron chi connectivity index (χ2n) is 5.98. The zero-order valence-corrected chi connectivity index (χ0v) is 15.3. The number of hydrogen-bond donors (Lipinski definition) is 2. The van der Waals surface area contributed by atoms with Gasteiger partial charge in [0.2, 0.25) is 15.9 Å². The lowest BCUT2D eigenvalue weighted by Gasteiger charge is -2.23. The van der Waals surface area contributed by atoms with Gasteiger partial charge in [0.15, 0.2) is 0 Å². The first kappa shape index (κ1) is 19.6. The summed E-state index contributed by atoms with van der Waals surface area (Å²) in [4.78, 5) is 13.3. The minimum atomic E-state index is -3.63. The summed E-state index contributed by atoms with van der Waals surface area (Å²) in [5.41, 5.74) is 0.789. The van der Waals surface area contributed by atoms with E-state index in [9.17, 15) is 13.2 Å². The van der Waals surface area contributed by atoms with Crippen LogP contribution in [0.2, 0.25) is 0 Å². The van der Waals surface area contributed by atoms with Gasteiger partial charge in [0.25, 0.3) is 0 Å². The minimum Gasteiger partial charge on any atom is -0.370 e. The van der Waals surface area contributed by atoms with Crippen molar-refractivity contribution < 1.29 is 22.8 Å². The Balaban J connectivity index is 1.76. The van der Waals surface area contributed by atoms with Gasteiger partial charge in [-0.15, -0.1) is 0 Å². The van der Waals surface area contributed by atoms with Crippen molar-refractivity contribution in [3.63, 3.8) is 0 Å². The van der Waals surface area contributed by atoms with Crippen LogP contribution in [0.3, 0.4) is 0 Å². The second-order valence-corrected chi connectivity index (χ2v) is 7.90. The molecule has 1 saturated heterocycles. The second kappa shape index (κ2) is 9.67. The number of carbonyl (C=O) groups excluding carboxylic acids is 1. The molecule has 0 aromatic heterocycles. The maximum absolute atomic E-state index is 12.2. The summed E-state index contributed by atoms with van der Waals surface area (Å²) >= 11 is 0. The van der Waals surface area contributed by atoms with Gasteiger partial charge >= 0.3 is 0 Å². The van der Waals surface area contributed by atoms with Gasteiger partial charge in [-0.2, -0.15) is 4.31 Å². The Kier molecular flexibility index (Phi) is 7.57. The van der Waals surface area contributed by atoms with Gasteiger partial charge in [0.1, 0.15) is 13.1 Å². The van der Waals surface area contributed by atoms with Gasteiger partial charge in [-0.3, -0.25) is 4.79 Å². The van der Waals surface area contributed by atoms with Crippen molar-refractivity contribution in [1.82, 2.24) is 9.62 Å². The number of hydrogen-bond acceptors (Lipinski definition) is 4. The van der Waals surface area contributed by atoms with Crippen LogP contribution in [0.25, 0.3) is 6.08 Å². The Hall–Kier alpha value is -1.74. The molecule has 0 aliphatic carbocycles. The smallest absolute Gasteiger partial charge is 0.236 e. The molecule has 7 nitrogen and oxygen atoms in total. The van der Waals surface area contributed by atoms with Crippen LogP contribution in [0.5, 0.6) is 0 Å². The molecule has 0 saturated carbocycles. The number of nitrogens with one attached hydrogen (secondary N) is 2. The standard InChI is InChI=1S/C17H25N3O4S/c1-19(25(22,23)14-7-16-5-3-2-4-6-16)15-17(21)18-8-9-20-10-12-24-13-11-20/h2-7,14H,8-13,15H2,1H3,(H,18,21)/p+1/b14-7+. The van der Waals surface area contributed by atoms with Crippen LogP contribution in [-0.2, 0) is 19.6 Å². The molecule has 0 radical (unpaired) electrons. The van der Waals surface area contributed by atoms with Crippen molar-refractivity contribution >= 4 is 22.0 Å². The fourth-order valence-corrected chi connectivity index (χ4v) is 3.30. The molecule has 25 heavy (non-hydrogen) atoms. The maximum atomic E-state index is 12.2. The molecule has 1 heterocycles. The van der Waals surface area contributed by atoms with Gasteiger partial charge in [0, 0.05) is 12.5 Å². The van der Waals surface area contributed by atoms with Crippen molar-refractivity contribution in [3.8, 4) is 0 Å². The summed E-state index contributed by atoms with van der Waals surface area (Å²) in [5.74, 6) is -0.299. The SMILES string of the molecule is CN(CC(=O)NCC[NH+]1CCOCC1)S(=O)(=O)/C=C/c1ccccc1. The van der Waals surface area contributed by atoms with Gasteiger partial charge < -0.3 is 15.0 Å². The minimum absolute atomic E-state index is 0.195. The van der Waals surface area contributed by atoms with E-state index in [1.54, 1.807) is 0 Å². The highest BCUT2D eigenvalue weighted by Crippen LogP contribution is 2.06. The molecule has 1 aromatic carbocycles. The first-order chi connectivity index (χ1) is 12.0. The highest BCUT2D eigenvalue weighted by molar-refractivity contribution is 7.92. The van der Waals surface area contributed by atoms with Gasteiger partial charge in [-0.1, -0.05) is 30.3 Å². The van der Waals surface area contributed by atoms with E-state index in [4.69, 9.17) is 4.74 Å². The number of likely N-dealkylation sites (N-methyl/N-ethyl adjacent to an activating group) is 1. The molecule has 8 heteroatoms. The van der Waals surface area contributed by atoms with E-state index in [2.05, 4.69) is 5.32 Å². The van der Waals surface area contributed by atoms with Crippen molar-refractivity contribution in [2.45, 2.75) is 0 Å². The third-order valence-electron chi connectivity index (χ3n) is 4.03. The molecule has 0 unspecified atom stereocenters. The largest absolute Gasteiger partial charge is 0.370 e. The summed E-state index contributed by atoms with van der Waals surface area (Å²) in [6, 6.07) is 9.15. The van der Waals surface area contributed by atoms with Crippen molar-refractivity contribution in [1.29, 1.82) is 0 Å².